The zero-order valence-corrected chi connectivity index (χ0v) is 18.4. The van der Waals surface area contributed by atoms with Gasteiger partial charge in [-0.05, 0) is 19.9 Å². The smallest absolute Gasteiger partial charge is 0.411 e. The lowest BCUT2D eigenvalue weighted by molar-refractivity contribution is -0.351. The van der Waals surface area contributed by atoms with Crippen molar-refractivity contribution < 1.29 is 9.40 Å². The Labute approximate surface area is 187 Å². The van der Waals surface area contributed by atoms with Crippen LogP contribution in [-0.2, 0) is 13.6 Å². The fourth-order valence-corrected chi connectivity index (χ4v) is 3.98. The molecule has 0 aliphatic heterocycles. The molecule has 0 aliphatic carbocycles. The Hall–Kier alpha value is -4.47. The second kappa shape index (κ2) is 7.59. The predicted molar refractivity (Wildman–Crippen MR) is 122 cm³/mol. The molecule has 5 rings (SSSR count). The Morgan fingerprint density at radius 1 is 1.12 bits per heavy atom. The third-order valence-electron chi connectivity index (χ3n) is 5.66. The summed E-state index contributed by atoms with van der Waals surface area (Å²) in [5, 5.41) is 4.63. The molecule has 0 radical (unpaired) electrons. The van der Waals surface area contributed by atoms with E-state index in [1.54, 1.807) is 33.2 Å². The van der Waals surface area contributed by atoms with Crippen LogP contribution in [0.25, 0.3) is 28.0 Å². The van der Waals surface area contributed by atoms with Crippen LogP contribution in [0.4, 0.5) is 5.95 Å². The van der Waals surface area contributed by atoms with Crippen LogP contribution < -0.4 is 22.0 Å². The van der Waals surface area contributed by atoms with Gasteiger partial charge >= 0.3 is 11.6 Å². The molecule has 166 valence electrons. The van der Waals surface area contributed by atoms with Gasteiger partial charge in [0.2, 0.25) is 5.65 Å². The van der Waals surface area contributed by atoms with Gasteiger partial charge in [0.25, 0.3) is 5.56 Å². The van der Waals surface area contributed by atoms with Gasteiger partial charge < -0.3 is 8.98 Å². The molecule has 10 nitrogen and oxygen atoms in total. The summed E-state index contributed by atoms with van der Waals surface area (Å²) in [7, 11) is 1.69. The number of hydrogen-bond acceptors (Lipinski definition) is 6. The summed E-state index contributed by atoms with van der Waals surface area (Å²) in [5.74, 6) is 0.750. The number of nitrogen functional groups attached to an aromatic ring is 1. The van der Waals surface area contributed by atoms with E-state index in [1.807, 2.05) is 30.3 Å². The molecule has 0 aliphatic rings. The summed E-state index contributed by atoms with van der Waals surface area (Å²) in [6, 6.07) is 11.4. The number of nitrogens with one attached hydrogen (secondary N) is 1. The number of hydrogen-bond donors (Lipinski definition) is 1. The predicted octanol–water partition coefficient (Wildman–Crippen LogP) is 1.58. The number of benzene rings is 1. The van der Waals surface area contributed by atoms with Crippen molar-refractivity contribution in [2.45, 2.75) is 20.4 Å². The molecule has 0 spiro atoms. The largest absolute Gasteiger partial charge is 0.448 e. The summed E-state index contributed by atoms with van der Waals surface area (Å²) in [5.41, 5.74) is 10.3. The molecule has 5 aromatic rings. The quantitative estimate of drug-likeness (QED) is 0.448. The number of nitrogens with two attached hydrogens (primary N) is 1. The van der Waals surface area contributed by atoms with Crippen LogP contribution in [-0.4, -0.2) is 23.7 Å². The minimum Gasteiger partial charge on any atom is -0.448 e. The number of nitrogens with zero attached hydrogens (tertiary/aromatic N) is 5. The van der Waals surface area contributed by atoms with Crippen molar-refractivity contribution in [1.82, 2.24) is 23.7 Å². The fraction of sp³-hybridized carbons (Fsp3) is 0.174. The number of H-pyrrole nitrogens is 1. The van der Waals surface area contributed by atoms with Crippen molar-refractivity contribution >= 4 is 11.6 Å². The maximum Gasteiger partial charge on any atom is 0.411 e. The van der Waals surface area contributed by atoms with Gasteiger partial charge in [-0.15, -0.1) is 9.50 Å². The van der Waals surface area contributed by atoms with Gasteiger partial charge in [-0.3, -0.25) is 10.5 Å². The number of aryl methyl sites for hydroxylation is 3. The van der Waals surface area contributed by atoms with Gasteiger partial charge in [0, 0.05) is 29.9 Å². The van der Waals surface area contributed by atoms with E-state index in [4.69, 9.17) is 10.2 Å². The molecular weight excluding hydrogens is 422 g/mol. The number of oxazole rings is 1. The highest BCUT2D eigenvalue weighted by Gasteiger charge is 2.26. The second-order valence-corrected chi connectivity index (χ2v) is 7.91. The number of anilines is 1. The first kappa shape index (κ1) is 20.4. The summed E-state index contributed by atoms with van der Waals surface area (Å²) < 4.78 is 9.41. The van der Waals surface area contributed by atoms with Crippen LogP contribution in [0.1, 0.15) is 17.0 Å². The third kappa shape index (κ3) is 3.32. The Morgan fingerprint density at radius 2 is 1.88 bits per heavy atom. The van der Waals surface area contributed by atoms with Crippen molar-refractivity contribution in [2.75, 3.05) is 5.73 Å². The molecule has 3 N–H and O–H groups in total. The second-order valence-electron chi connectivity index (χ2n) is 7.91. The topological polar surface area (TPSA) is 127 Å². The lowest BCUT2D eigenvalue weighted by atomic mass is 10.0. The molecule has 0 bridgehead atoms. The van der Waals surface area contributed by atoms with Crippen LogP contribution in [0.5, 0.6) is 0 Å². The normalized spacial score (nSPS) is 11.4. The maximum atomic E-state index is 13.3. The number of fused-ring (bicyclic) bond motifs is 1. The van der Waals surface area contributed by atoms with Gasteiger partial charge in [0.05, 0.1) is 12.1 Å². The van der Waals surface area contributed by atoms with Crippen molar-refractivity contribution in [3.63, 3.8) is 0 Å². The van der Waals surface area contributed by atoms with Gasteiger partial charge in [0.1, 0.15) is 17.1 Å². The van der Waals surface area contributed by atoms with E-state index in [-0.39, 0.29) is 18.1 Å². The van der Waals surface area contributed by atoms with E-state index in [1.165, 1.54) is 20.0 Å². The highest BCUT2D eigenvalue weighted by molar-refractivity contribution is 5.88. The molecule has 33 heavy (non-hydrogen) atoms. The van der Waals surface area contributed by atoms with Crippen LogP contribution in [0.2, 0.25) is 0 Å². The highest BCUT2D eigenvalue weighted by atomic mass is 16.3. The van der Waals surface area contributed by atoms with Gasteiger partial charge in [-0.2, -0.15) is 4.68 Å². The zero-order chi connectivity index (χ0) is 23.3. The third-order valence-corrected chi connectivity index (χ3v) is 5.66. The zero-order valence-electron chi connectivity index (χ0n) is 18.4. The Kier molecular flexibility index (Phi) is 4.70. The molecule has 4 heterocycles. The van der Waals surface area contributed by atoms with Crippen LogP contribution >= 0.6 is 0 Å². The van der Waals surface area contributed by atoms with Crippen LogP contribution in [0.15, 0.2) is 63.0 Å². The number of rotatable bonds is 4. The van der Waals surface area contributed by atoms with E-state index < -0.39 is 5.69 Å². The van der Waals surface area contributed by atoms with Crippen LogP contribution in [0, 0.1) is 13.8 Å². The minimum atomic E-state index is -0.413. The van der Waals surface area contributed by atoms with Gasteiger partial charge in [-0.25, -0.2) is 14.8 Å². The molecule has 4 aromatic heterocycles. The van der Waals surface area contributed by atoms with Crippen molar-refractivity contribution in [3.8, 4) is 22.4 Å². The SMILES string of the molecule is Cc1ocnc1Cn1nc2c(-c3cc(C)c(=O)n(C)c3)c(-c3ccccc3)[nH+]c(N)n2c1=O. The lowest BCUT2D eigenvalue weighted by Gasteiger charge is -2.11. The monoisotopic (exact) mass is 444 g/mol. The number of aromatic nitrogens is 6. The Balaban J connectivity index is 1.86. The number of aromatic amines is 1. The average Bonchev–Trinajstić information content (AvgIpc) is 3.35. The molecule has 0 fully saturated rings. The summed E-state index contributed by atoms with van der Waals surface area (Å²) in [6.07, 6.45) is 3.06. The summed E-state index contributed by atoms with van der Waals surface area (Å²) in [6.45, 7) is 3.66. The van der Waals surface area contributed by atoms with Gasteiger partial charge in [0.15, 0.2) is 6.39 Å². The average molecular weight is 444 g/mol. The minimum absolute atomic E-state index is 0.0973. The summed E-state index contributed by atoms with van der Waals surface area (Å²) in [4.78, 5) is 32.9. The fourth-order valence-electron chi connectivity index (χ4n) is 3.98. The number of pyridine rings is 1. The molecule has 0 atom stereocenters. The van der Waals surface area contributed by atoms with Crippen LogP contribution in [0.3, 0.4) is 0 Å². The molecule has 10 heteroatoms. The van der Waals surface area contributed by atoms with Gasteiger partial charge in [-0.1, -0.05) is 30.3 Å². The molecule has 0 saturated carbocycles. The lowest BCUT2D eigenvalue weighted by Crippen LogP contribution is -2.28. The Bertz CT molecular complexity index is 1600. The van der Waals surface area contributed by atoms with Crippen molar-refractivity contribution in [1.29, 1.82) is 0 Å². The van der Waals surface area contributed by atoms with E-state index in [9.17, 15) is 9.59 Å². The van der Waals surface area contributed by atoms with E-state index in [0.29, 0.717) is 33.9 Å². The summed E-state index contributed by atoms with van der Waals surface area (Å²) >= 11 is 0. The highest BCUT2D eigenvalue weighted by Crippen LogP contribution is 2.32. The van der Waals surface area contributed by atoms with E-state index in [2.05, 4.69) is 15.1 Å². The molecule has 0 unspecified atom stereocenters. The standard InChI is InChI=1S/C23H21N7O3/c1-13-9-16(10-28(3)21(13)31)18-19(15-7-5-4-6-8-15)26-22(24)30-20(18)27-29(23(30)32)11-17-14(2)33-12-25-17/h4-10,12H,11H2,1-3H3,(H2,24,26)/p+1. The molecule has 0 amide bonds. The van der Waals surface area contributed by atoms with Crippen molar-refractivity contribution in [2.24, 2.45) is 7.05 Å². The first-order valence-corrected chi connectivity index (χ1v) is 10.3. The first-order valence-electron chi connectivity index (χ1n) is 10.3. The van der Waals surface area contributed by atoms with E-state index in [0.717, 1.165) is 11.1 Å². The Morgan fingerprint density at radius 3 is 2.55 bits per heavy atom. The molecule has 1 aromatic carbocycles. The molecular formula is C23H22N7O3+. The first-order chi connectivity index (χ1) is 15.8. The van der Waals surface area contributed by atoms with E-state index >= 15 is 0 Å². The maximum absolute atomic E-state index is 13.3. The molecule has 0 saturated heterocycles. The van der Waals surface area contributed by atoms with Crippen molar-refractivity contribution in [3.05, 3.63) is 86.8 Å².